The molecule has 0 atom stereocenters. The second-order valence-electron chi connectivity index (χ2n) is 7.12. The summed E-state index contributed by atoms with van der Waals surface area (Å²) in [4.78, 5) is 38.4. The lowest BCUT2D eigenvalue weighted by Gasteiger charge is -2.13. The van der Waals surface area contributed by atoms with Crippen LogP contribution in [0.1, 0.15) is 27.8 Å². The Morgan fingerprint density at radius 1 is 1.03 bits per heavy atom. The van der Waals surface area contributed by atoms with Gasteiger partial charge in [0, 0.05) is 5.69 Å². The molecule has 3 amide bonds. The maximum atomic E-state index is 12.6. The van der Waals surface area contributed by atoms with E-state index in [1.807, 2.05) is 26.0 Å². The van der Waals surface area contributed by atoms with Crippen LogP contribution in [0.5, 0.6) is 5.75 Å². The highest BCUT2D eigenvalue weighted by Crippen LogP contribution is 2.33. The smallest absolute Gasteiger partial charge is 0.294 e. The fraction of sp³-hybridized carbons (Fsp3) is 0.227. The van der Waals surface area contributed by atoms with Crippen LogP contribution in [0.2, 0.25) is 0 Å². The number of rotatable bonds is 4. The summed E-state index contributed by atoms with van der Waals surface area (Å²) in [6.45, 7) is 7.11. The van der Waals surface area contributed by atoms with Crippen LogP contribution in [-0.2, 0) is 9.59 Å². The summed E-state index contributed by atoms with van der Waals surface area (Å²) in [7, 11) is 0. The molecule has 0 bridgehead atoms. The number of thioether (sulfide) groups is 1. The molecule has 7 heteroatoms. The molecule has 1 heterocycles. The number of carbonyl (C=O) groups excluding carboxylic acids is 3. The monoisotopic (exact) mass is 410 g/mol. The van der Waals surface area contributed by atoms with E-state index in [0.29, 0.717) is 22.4 Å². The van der Waals surface area contributed by atoms with Crippen LogP contribution < -0.4 is 5.32 Å². The second kappa shape index (κ2) is 8.13. The van der Waals surface area contributed by atoms with Crippen molar-refractivity contribution in [2.45, 2.75) is 27.7 Å². The molecule has 0 spiro atoms. The van der Waals surface area contributed by atoms with Crippen LogP contribution >= 0.6 is 11.8 Å². The van der Waals surface area contributed by atoms with Gasteiger partial charge in [-0.2, -0.15) is 0 Å². The average Bonchev–Trinajstić information content (AvgIpc) is 2.90. The van der Waals surface area contributed by atoms with Crippen LogP contribution in [0, 0.1) is 27.7 Å². The fourth-order valence-electron chi connectivity index (χ4n) is 3.02. The van der Waals surface area contributed by atoms with E-state index in [1.165, 1.54) is 0 Å². The molecule has 1 aliphatic heterocycles. The second-order valence-corrected chi connectivity index (χ2v) is 8.11. The van der Waals surface area contributed by atoms with Gasteiger partial charge in [0.05, 0.1) is 4.91 Å². The highest BCUT2D eigenvalue weighted by molar-refractivity contribution is 8.18. The molecule has 2 aromatic carbocycles. The van der Waals surface area contributed by atoms with E-state index < -0.39 is 17.1 Å². The van der Waals surface area contributed by atoms with Gasteiger partial charge in [-0.25, -0.2) is 0 Å². The minimum Gasteiger partial charge on any atom is -0.507 e. The maximum Gasteiger partial charge on any atom is 0.294 e. The van der Waals surface area contributed by atoms with E-state index in [9.17, 15) is 19.5 Å². The normalized spacial score (nSPS) is 15.3. The van der Waals surface area contributed by atoms with Crippen molar-refractivity contribution >= 4 is 40.6 Å². The van der Waals surface area contributed by atoms with Gasteiger partial charge in [0.15, 0.2) is 0 Å². The van der Waals surface area contributed by atoms with Gasteiger partial charge in [-0.1, -0.05) is 6.07 Å². The zero-order valence-corrected chi connectivity index (χ0v) is 17.5. The summed E-state index contributed by atoms with van der Waals surface area (Å²) in [5.74, 6) is -0.731. The number of aromatic hydroxyl groups is 1. The molecule has 29 heavy (non-hydrogen) atoms. The summed E-state index contributed by atoms with van der Waals surface area (Å²) in [6.07, 6.45) is 1.60. The minimum atomic E-state index is -0.501. The van der Waals surface area contributed by atoms with E-state index in [4.69, 9.17) is 0 Å². The van der Waals surface area contributed by atoms with Crippen molar-refractivity contribution in [1.29, 1.82) is 0 Å². The zero-order valence-electron chi connectivity index (χ0n) is 16.7. The Labute approximate surface area is 173 Å². The Hall–Kier alpha value is -3.06. The molecule has 0 aliphatic carbocycles. The number of amides is 3. The van der Waals surface area contributed by atoms with E-state index in [1.54, 1.807) is 38.1 Å². The van der Waals surface area contributed by atoms with Gasteiger partial charge >= 0.3 is 0 Å². The molecule has 0 saturated carbocycles. The van der Waals surface area contributed by atoms with Crippen molar-refractivity contribution in [2.75, 3.05) is 11.9 Å². The van der Waals surface area contributed by atoms with Crippen molar-refractivity contribution in [2.24, 2.45) is 0 Å². The lowest BCUT2D eigenvalue weighted by molar-refractivity contribution is -0.127. The SMILES string of the molecule is Cc1ccc(NC(=O)CN2C(=O)S/C(=C\c3cc(C)c(O)c(C)c3)C2=O)cc1C. The number of hydrogen-bond donors (Lipinski definition) is 2. The first-order valence-electron chi connectivity index (χ1n) is 9.08. The Kier molecular flexibility index (Phi) is 5.79. The number of imide groups is 1. The average molecular weight is 410 g/mol. The molecule has 0 aromatic heterocycles. The fourth-order valence-corrected chi connectivity index (χ4v) is 3.86. The van der Waals surface area contributed by atoms with Crippen LogP contribution in [0.15, 0.2) is 35.2 Å². The largest absolute Gasteiger partial charge is 0.507 e. The molecule has 6 nitrogen and oxygen atoms in total. The number of benzene rings is 2. The molecule has 3 rings (SSSR count). The molecule has 150 valence electrons. The van der Waals surface area contributed by atoms with Crippen molar-refractivity contribution in [3.05, 3.63) is 63.1 Å². The number of phenolic OH excluding ortho intramolecular Hbond substituents is 1. The third-order valence-corrected chi connectivity index (χ3v) is 5.68. The summed E-state index contributed by atoms with van der Waals surface area (Å²) < 4.78 is 0. The number of hydrogen-bond acceptors (Lipinski definition) is 5. The molecular weight excluding hydrogens is 388 g/mol. The predicted octanol–water partition coefficient (Wildman–Crippen LogP) is 4.30. The summed E-state index contributed by atoms with van der Waals surface area (Å²) >= 11 is 0.801. The molecule has 0 radical (unpaired) electrons. The predicted molar refractivity (Wildman–Crippen MR) is 115 cm³/mol. The highest BCUT2D eigenvalue weighted by atomic mass is 32.2. The van der Waals surface area contributed by atoms with Gasteiger partial charge in [-0.05, 0) is 97.6 Å². The van der Waals surface area contributed by atoms with Crippen LogP contribution in [-0.4, -0.2) is 33.6 Å². The Balaban J connectivity index is 1.73. The third kappa shape index (κ3) is 4.51. The Morgan fingerprint density at radius 2 is 1.69 bits per heavy atom. The van der Waals surface area contributed by atoms with Crippen molar-refractivity contribution in [1.82, 2.24) is 4.90 Å². The molecule has 1 aliphatic rings. The van der Waals surface area contributed by atoms with Gasteiger partial charge in [0.25, 0.3) is 11.1 Å². The third-order valence-electron chi connectivity index (χ3n) is 4.78. The molecular formula is C22H22N2O4S. The lowest BCUT2D eigenvalue weighted by atomic mass is 10.1. The first-order chi connectivity index (χ1) is 13.7. The standard InChI is InChI=1S/C22H22N2O4S/c1-12-5-6-17(9-13(12)2)23-19(25)11-24-21(27)18(29-22(24)28)10-16-7-14(3)20(26)15(4)8-16/h5-10,26H,11H2,1-4H3,(H,23,25)/b18-10-. The maximum absolute atomic E-state index is 12.6. The minimum absolute atomic E-state index is 0.207. The molecule has 0 unspecified atom stereocenters. The number of carbonyl (C=O) groups is 3. The van der Waals surface area contributed by atoms with Crippen molar-refractivity contribution < 1.29 is 19.5 Å². The van der Waals surface area contributed by atoms with Gasteiger partial charge in [0.1, 0.15) is 12.3 Å². The topological polar surface area (TPSA) is 86.7 Å². The zero-order chi connectivity index (χ0) is 21.3. The van der Waals surface area contributed by atoms with Gasteiger partial charge in [0.2, 0.25) is 5.91 Å². The summed E-state index contributed by atoms with van der Waals surface area (Å²) in [5, 5.41) is 12.1. The van der Waals surface area contributed by atoms with Gasteiger partial charge < -0.3 is 10.4 Å². The molecule has 1 fully saturated rings. The quantitative estimate of drug-likeness (QED) is 0.734. The van der Waals surface area contributed by atoms with Crippen LogP contribution in [0.4, 0.5) is 10.5 Å². The molecule has 2 N–H and O–H groups in total. The first kappa shape index (κ1) is 20.7. The van der Waals surface area contributed by atoms with Crippen LogP contribution in [0.3, 0.4) is 0 Å². The number of nitrogens with one attached hydrogen (secondary N) is 1. The first-order valence-corrected chi connectivity index (χ1v) is 9.90. The van der Waals surface area contributed by atoms with E-state index in [2.05, 4.69) is 5.32 Å². The number of nitrogens with zero attached hydrogens (tertiary/aromatic N) is 1. The molecule has 2 aromatic rings. The Bertz CT molecular complexity index is 1040. The van der Waals surface area contributed by atoms with Crippen molar-refractivity contribution in [3.63, 3.8) is 0 Å². The number of aryl methyl sites for hydroxylation is 4. The van der Waals surface area contributed by atoms with Gasteiger partial charge in [-0.15, -0.1) is 0 Å². The van der Waals surface area contributed by atoms with Gasteiger partial charge in [-0.3, -0.25) is 19.3 Å². The van der Waals surface area contributed by atoms with E-state index in [-0.39, 0.29) is 17.2 Å². The highest BCUT2D eigenvalue weighted by Gasteiger charge is 2.36. The Morgan fingerprint density at radius 3 is 2.31 bits per heavy atom. The lowest BCUT2D eigenvalue weighted by Crippen LogP contribution is -2.36. The number of anilines is 1. The molecule has 1 saturated heterocycles. The van der Waals surface area contributed by atoms with Crippen LogP contribution in [0.25, 0.3) is 6.08 Å². The van der Waals surface area contributed by atoms with Crippen molar-refractivity contribution in [3.8, 4) is 5.75 Å². The summed E-state index contributed by atoms with van der Waals surface area (Å²) in [5.41, 5.74) is 4.85. The number of phenols is 1. The summed E-state index contributed by atoms with van der Waals surface area (Å²) in [6, 6.07) is 9.00. The van der Waals surface area contributed by atoms with E-state index >= 15 is 0 Å². The van der Waals surface area contributed by atoms with E-state index in [0.717, 1.165) is 27.8 Å².